The van der Waals surface area contributed by atoms with Gasteiger partial charge in [0.25, 0.3) is 11.5 Å². The molecule has 3 rings (SSSR count). The van der Waals surface area contributed by atoms with Crippen LogP contribution in [0.15, 0.2) is 23.1 Å². The molecule has 1 saturated heterocycles. The quantitative estimate of drug-likeness (QED) is 0.823. The molecule has 1 aliphatic heterocycles. The maximum atomic E-state index is 12.4. The van der Waals surface area contributed by atoms with Crippen molar-refractivity contribution in [3.05, 3.63) is 40.1 Å². The van der Waals surface area contributed by atoms with Gasteiger partial charge in [-0.3, -0.25) is 14.3 Å². The monoisotopic (exact) mass is 358 g/mol. The third kappa shape index (κ3) is 4.00. The van der Waals surface area contributed by atoms with Crippen molar-refractivity contribution in [3.8, 4) is 0 Å². The highest BCUT2D eigenvalue weighted by molar-refractivity contribution is 5.91. The minimum atomic E-state index is -0.0953. The topological polar surface area (TPSA) is 85.9 Å². The van der Waals surface area contributed by atoms with Crippen molar-refractivity contribution in [2.24, 2.45) is 13.0 Å². The SMILES string of the molecule is Cn1cc(C(=O)N2CCC(Cn3nc(C(C)(C)C)ccc3=O)CC2)nn1. The second-order valence-corrected chi connectivity index (χ2v) is 8.00. The Hall–Kier alpha value is -2.51. The zero-order chi connectivity index (χ0) is 18.9. The molecule has 0 spiro atoms. The van der Waals surface area contributed by atoms with Gasteiger partial charge < -0.3 is 4.90 Å². The van der Waals surface area contributed by atoms with Crippen LogP contribution in [0.1, 0.15) is 49.8 Å². The van der Waals surface area contributed by atoms with Gasteiger partial charge in [0.1, 0.15) is 0 Å². The van der Waals surface area contributed by atoms with E-state index in [-0.39, 0.29) is 16.9 Å². The molecule has 2 aromatic heterocycles. The van der Waals surface area contributed by atoms with E-state index in [4.69, 9.17) is 0 Å². The first-order chi connectivity index (χ1) is 12.2. The molecular formula is C18H26N6O2. The molecular weight excluding hydrogens is 332 g/mol. The Balaban J connectivity index is 1.62. The molecule has 0 aromatic carbocycles. The van der Waals surface area contributed by atoms with Crippen LogP contribution in [-0.4, -0.2) is 48.7 Å². The molecule has 3 heterocycles. The number of aryl methyl sites for hydroxylation is 1. The van der Waals surface area contributed by atoms with Crippen molar-refractivity contribution < 1.29 is 4.79 Å². The van der Waals surface area contributed by atoms with Crippen LogP contribution in [0.25, 0.3) is 0 Å². The van der Waals surface area contributed by atoms with E-state index >= 15 is 0 Å². The molecule has 26 heavy (non-hydrogen) atoms. The van der Waals surface area contributed by atoms with Gasteiger partial charge >= 0.3 is 0 Å². The number of amides is 1. The lowest BCUT2D eigenvalue weighted by Crippen LogP contribution is -2.40. The van der Waals surface area contributed by atoms with Crippen LogP contribution in [-0.2, 0) is 19.0 Å². The van der Waals surface area contributed by atoms with Gasteiger partial charge in [-0.15, -0.1) is 5.10 Å². The number of carbonyl (C=O) groups is 1. The summed E-state index contributed by atoms with van der Waals surface area (Å²) in [6.45, 7) is 8.17. The van der Waals surface area contributed by atoms with Gasteiger partial charge in [0.05, 0.1) is 11.9 Å². The van der Waals surface area contributed by atoms with E-state index in [0.717, 1.165) is 18.5 Å². The van der Waals surface area contributed by atoms with Gasteiger partial charge in [-0.1, -0.05) is 26.0 Å². The van der Waals surface area contributed by atoms with Crippen molar-refractivity contribution in [2.45, 2.75) is 45.6 Å². The number of carbonyl (C=O) groups excluding carboxylic acids is 1. The summed E-state index contributed by atoms with van der Waals surface area (Å²) in [6.07, 6.45) is 3.33. The highest BCUT2D eigenvalue weighted by atomic mass is 16.2. The first kappa shape index (κ1) is 18.3. The number of hydrogen-bond acceptors (Lipinski definition) is 5. The summed E-state index contributed by atoms with van der Waals surface area (Å²) >= 11 is 0. The Morgan fingerprint density at radius 3 is 2.50 bits per heavy atom. The number of aromatic nitrogens is 5. The largest absolute Gasteiger partial charge is 0.337 e. The van der Waals surface area contributed by atoms with Crippen LogP contribution in [0, 0.1) is 5.92 Å². The van der Waals surface area contributed by atoms with E-state index in [1.165, 1.54) is 4.68 Å². The molecule has 0 N–H and O–H groups in total. The Kier molecular flexibility index (Phi) is 4.93. The van der Waals surface area contributed by atoms with E-state index in [9.17, 15) is 9.59 Å². The molecule has 2 aromatic rings. The molecule has 0 unspecified atom stereocenters. The van der Waals surface area contributed by atoms with Crippen molar-refractivity contribution >= 4 is 5.91 Å². The van der Waals surface area contributed by atoms with Crippen LogP contribution in [0.5, 0.6) is 0 Å². The summed E-state index contributed by atoms with van der Waals surface area (Å²) in [6, 6.07) is 3.40. The van der Waals surface area contributed by atoms with E-state index in [1.54, 1.807) is 30.1 Å². The first-order valence-corrected chi connectivity index (χ1v) is 8.98. The lowest BCUT2D eigenvalue weighted by molar-refractivity contribution is 0.0674. The molecule has 0 aliphatic carbocycles. The molecule has 8 nitrogen and oxygen atoms in total. The first-order valence-electron chi connectivity index (χ1n) is 8.98. The minimum absolute atomic E-state index is 0.0731. The Morgan fingerprint density at radius 2 is 1.92 bits per heavy atom. The second kappa shape index (κ2) is 7.01. The van der Waals surface area contributed by atoms with Crippen molar-refractivity contribution in [2.75, 3.05) is 13.1 Å². The lowest BCUT2D eigenvalue weighted by atomic mass is 9.92. The van der Waals surface area contributed by atoms with Crippen LogP contribution < -0.4 is 5.56 Å². The van der Waals surface area contributed by atoms with Crippen molar-refractivity contribution in [1.82, 2.24) is 29.7 Å². The highest BCUT2D eigenvalue weighted by Gasteiger charge is 2.26. The summed E-state index contributed by atoms with van der Waals surface area (Å²) in [5, 5.41) is 12.2. The Labute approximate surface area is 152 Å². The minimum Gasteiger partial charge on any atom is -0.337 e. The van der Waals surface area contributed by atoms with Gasteiger partial charge in [-0.2, -0.15) is 5.10 Å². The summed E-state index contributed by atoms with van der Waals surface area (Å²) in [7, 11) is 1.74. The third-order valence-corrected chi connectivity index (χ3v) is 4.79. The fraction of sp³-hybridized carbons (Fsp3) is 0.611. The van der Waals surface area contributed by atoms with Crippen molar-refractivity contribution in [3.63, 3.8) is 0 Å². The van der Waals surface area contributed by atoms with Gasteiger partial charge in [0, 0.05) is 38.2 Å². The smallest absolute Gasteiger partial charge is 0.276 e. The van der Waals surface area contributed by atoms with Gasteiger partial charge in [0.15, 0.2) is 5.69 Å². The van der Waals surface area contributed by atoms with Crippen LogP contribution in [0.4, 0.5) is 0 Å². The van der Waals surface area contributed by atoms with Crippen LogP contribution in [0.3, 0.4) is 0 Å². The highest BCUT2D eigenvalue weighted by Crippen LogP contribution is 2.21. The molecule has 0 atom stereocenters. The van der Waals surface area contributed by atoms with Gasteiger partial charge in [-0.05, 0) is 24.8 Å². The molecule has 140 valence electrons. The van der Waals surface area contributed by atoms with Gasteiger partial charge in [0.2, 0.25) is 0 Å². The third-order valence-electron chi connectivity index (χ3n) is 4.79. The predicted molar refractivity (Wildman–Crippen MR) is 96.8 cm³/mol. The number of hydrogen-bond donors (Lipinski definition) is 0. The molecule has 1 amide bonds. The number of nitrogens with zero attached hydrogens (tertiary/aromatic N) is 6. The van der Waals surface area contributed by atoms with Gasteiger partial charge in [-0.25, -0.2) is 4.68 Å². The molecule has 8 heteroatoms. The molecule has 1 aliphatic rings. The number of rotatable bonds is 3. The Morgan fingerprint density at radius 1 is 1.23 bits per heavy atom. The maximum absolute atomic E-state index is 12.4. The fourth-order valence-corrected chi connectivity index (χ4v) is 3.15. The van der Waals surface area contributed by atoms with Crippen molar-refractivity contribution in [1.29, 1.82) is 0 Å². The molecule has 1 fully saturated rings. The predicted octanol–water partition coefficient (Wildman–Crippen LogP) is 1.22. The summed E-state index contributed by atoms with van der Waals surface area (Å²) in [4.78, 5) is 26.4. The van der Waals surface area contributed by atoms with E-state index < -0.39 is 0 Å². The van der Waals surface area contributed by atoms with E-state index in [2.05, 4.69) is 36.2 Å². The standard InChI is InChI=1S/C18H26N6O2/c1-18(2,3)15-5-6-16(25)24(20-15)11-13-7-9-23(10-8-13)17(26)14-12-22(4)21-19-14/h5-6,12-13H,7-11H2,1-4H3. The number of likely N-dealkylation sites (tertiary alicyclic amines) is 1. The fourth-order valence-electron chi connectivity index (χ4n) is 3.15. The molecule has 0 bridgehead atoms. The molecule has 0 radical (unpaired) electrons. The van der Waals surface area contributed by atoms with E-state index in [0.29, 0.717) is 31.2 Å². The van der Waals surface area contributed by atoms with E-state index in [1.807, 2.05) is 4.90 Å². The normalized spacial score (nSPS) is 16.1. The summed E-state index contributed by atoms with van der Waals surface area (Å²) in [5.41, 5.74) is 1.12. The van der Waals surface area contributed by atoms with Crippen LogP contribution in [0.2, 0.25) is 0 Å². The second-order valence-electron chi connectivity index (χ2n) is 8.00. The summed E-state index contributed by atoms with van der Waals surface area (Å²) < 4.78 is 3.10. The molecule has 0 saturated carbocycles. The average molecular weight is 358 g/mol. The Bertz CT molecular complexity index is 840. The van der Waals surface area contributed by atoms with Crippen LogP contribution >= 0.6 is 0 Å². The number of piperidine rings is 1. The zero-order valence-electron chi connectivity index (χ0n) is 15.8. The lowest BCUT2D eigenvalue weighted by Gasteiger charge is -2.31. The average Bonchev–Trinajstić information content (AvgIpc) is 3.02. The maximum Gasteiger partial charge on any atom is 0.276 e. The summed E-state index contributed by atoms with van der Waals surface area (Å²) in [5.74, 6) is 0.253. The zero-order valence-corrected chi connectivity index (χ0v) is 15.8.